The second-order valence-corrected chi connectivity index (χ2v) is 4.06. The molecular weight excluding hydrogens is 261 g/mol. The standard InChI is InChI=1S/C10H9BrFN3/c11-9-3-8(12)2-1-7(9)4-15-5-10(13)14-6-15/h1-3,5-6H,4,13H2. The van der Waals surface area contributed by atoms with Crippen molar-refractivity contribution in [2.24, 2.45) is 0 Å². The topological polar surface area (TPSA) is 43.8 Å². The van der Waals surface area contributed by atoms with Crippen LogP contribution >= 0.6 is 15.9 Å². The van der Waals surface area contributed by atoms with Crippen molar-refractivity contribution in [3.63, 3.8) is 0 Å². The highest BCUT2D eigenvalue weighted by molar-refractivity contribution is 9.10. The van der Waals surface area contributed by atoms with E-state index in [1.54, 1.807) is 18.6 Å². The number of rotatable bonds is 2. The fourth-order valence-electron chi connectivity index (χ4n) is 1.31. The normalized spacial score (nSPS) is 10.5. The zero-order chi connectivity index (χ0) is 10.8. The monoisotopic (exact) mass is 269 g/mol. The number of nitrogen functional groups attached to an aromatic ring is 1. The van der Waals surface area contributed by atoms with E-state index in [0.717, 1.165) is 10.0 Å². The lowest BCUT2D eigenvalue weighted by molar-refractivity contribution is 0.625. The Morgan fingerprint density at radius 3 is 2.87 bits per heavy atom. The lowest BCUT2D eigenvalue weighted by Gasteiger charge is -2.04. The van der Waals surface area contributed by atoms with Crippen LogP contribution in [-0.2, 0) is 6.54 Å². The van der Waals surface area contributed by atoms with Gasteiger partial charge in [0.05, 0.1) is 6.33 Å². The van der Waals surface area contributed by atoms with E-state index in [0.29, 0.717) is 12.4 Å². The van der Waals surface area contributed by atoms with Gasteiger partial charge in [-0.25, -0.2) is 9.37 Å². The molecule has 2 N–H and O–H groups in total. The van der Waals surface area contributed by atoms with Gasteiger partial charge in [-0.15, -0.1) is 0 Å². The molecule has 5 heteroatoms. The molecule has 0 aliphatic heterocycles. The predicted octanol–water partition coefficient (Wildman–Crippen LogP) is 2.42. The molecule has 0 aliphatic rings. The summed E-state index contributed by atoms with van der Waals surface area (Å²) in [4.78, 5) is 3.91. The Hall–Kier alpha value is -1.36. The zero-order valence-corrected chi connectivity index (χ0v) is 9.41. The second-order valence-electron chi connectivity index (χ2n) is 3.21. The maximum atomic E-state index is 12.8. The van der Waals surface area contributed by atoms with E-state index in [9.17, 15) is 4.39 Å². The van der Waals surface area contributed by atoms with E-state index in [1.165, 1.54) is 12.1 Å². The third-order valence-electron chi connectivity index (χ3n) is 2.02. The molecule has 3 nitrogen and oxygen atoms in total. The molecule has 1 heterocycles. The first kappa shape index (κ1) is 10.2. The minimum Gasteiger partial charge on any atom is -0.382 e. The minimum absolute atomic E-state index is 0.254. The zero-order valence-electron chi connectivity index (χ0n) is 7.82. The number of benzene rings is 1. The number of hydrogen-bond donors (Lipinski definition) is 1. The van der Waals surface area contributed by atoms with Gasteiger partial charge in [0.2, 0.25) is 0 Å². The van der Waals surface area contributed by atoms with Crippen molar-refractivity contribution in [2.75, 3.05) is 5.73 Å². The smallest absolute Gasteiger partial charge is 0.141 e. The van der Waals surface area contributed by atoms with Gasteiger partial charge in [-0.2, -0.15) is 0 Å². The molecule has 0 fully saturated rings. The van der Waals surface area contributed by atoms with Gasteiger partial charge in [0, 0.05) is 17.2 Å². The van der Waals surface area contributed by atoms with E-state index in [2.05, 4.69) is 20.9 Å². The molecule has 0 atom stereocenters. The van der Waals surface area contributed by atoms with E-state index in [4.69, 9.17) is 5.73 Å². The molecule has 0 radical (unpaired) electrons. The maximum Gasteiger partial charge on any atom is 0.141 e. The Kier molecular flexibility index (Phi) is 2.73. The average molecular weight is 270 g/mol. The third-order valence-corrected chi connectivity index (χ3v) is 2.76. The first-order chi connectivity index (χ1) is 7.15. The van der Waals surface area contributed by atoms with Gasteiger partial charge in [0.25, 0.3) is 0 Å². The molecule has 0 bridgehead atoms. The molecule has 0 saturated carbocycles. The van der Waals surface area contributed by atoms with E-state index in [-0.39, 0.29) is 5.82 Å². The number of imidazole rings is 1. The van der Waals surface area contributed by atoms with Crippen molar-refractivity contribution in [3.05, 3.63) is 46.6 Å². The summed E-state index contributed by atoms with van der Waals surface area (Å²) in [5.41, 5.74) is 6.47. The van der Waals surface area contributed by atoms with Crippen molar-refractivity contribution >= 4 is 21.7 Å². The van der Waals surface area contributed by atoms with Crippen LogP contribution in [0.4, 0.5) is 10.2 Å². The Labute approximate surface area is 94.9 Å². The average Bonchev–Trinajstić information content (AvgIpc) is 2.56. The summed E-state index contributed by atoms with van der Waals surface area (Å²) in [6.45, 7) is 0.616. The number of aromatic nitrogens is 2. The van der Waals surface area contributed by atoms with Crippen molar-refractivity contribution < 1.29 is 4.39 Å². The molecule has 2 rings (SSSR count). The maximum absolute atomic E-state index is 12.8. The largest absolute Gasteiger partial charge is 0.382 e. The second kappa shape index (κ2) is 4.02. The highest BCUT2D eigenvalue weighted by Crippen LogP contribution is 2.19. The van der Waals surface area contributed by atoms with Gasteiger partial charge in [-0.3, -0.25) is 0 Å². The van der Waals surface area contributed by atoms with Gasteiger partial charge in [-0.1, -0.05) is 22.0 Å². The summed E-state index contributed by atoms with van der Waals surface area (Å²) in [5.74, 6) is 0.226. The number of nitrogens with two attached hydrogens (primary N) is 1. The Morgan fingerprint density at radius 1 is 1.47 bits per heavy atom. The van der Waals surface area contributed by atoms with Gasteiger partial charge >= 0.3 is 0 Å². The summed E-state index contributed by atoms with van der Waals surface area (Å²) in [5, 5.41) is 0. The summed E-state index contributed by atoms with van der Waals surface area (Å²) in [7, 11) is 0. The molecular formula is C10H9BrFN3. The SMILES string of the molecule is Nc1cn(Cc2ccc(F)cc2Br)cn1. The lowest BCUT2D eigenvalue weighted by atomic mass is 10.2. The van der Waals surface area contributed by atoms with Crippen LogP contribution in [0.15, 0.2) is 35.2 Å². The number of hydrogen-bond acceptors (Lipinski definition) is 2. The molecule has 78 valence electrons. The molecule has 1 aromatic heterocycles. The van der Waals surface area contributed by atoms with Crippen molar-refractivity contribution in [1.82, 2.24) is 9.55 Å². The number of anilines is 1. The van der Waals surface area contributed by atoms with Gasteiger partial charge in [0.15, 0.2) is 0 Å². The van der Waals surface area contributed by atoms with Crippen LogP contribution < -0.4 is 5.73 Å². The van der Waals surface area contributed by atoms with Gasteiger partial charge in [-0.05, 0) is 17.7 Å². The van der Waals surface area contributed by atoms with Crippen molar-refractivity contribution in [1.29, 1.82) is 0 Å². The van der Waals surface area contributed by atoms with E-state index in [1.807, 2.05) is 4.57 Å². The highest BCUT2D eigenvalue weighted by Gasteiger charge is 2.02. The van der Waals surface area contributed by atoms with E-state index < -0.39 is 0 Å². The molecule has 1 aromatic carbocycles. The first-order valence-electron chi connectivity index (χ1n) is 4.36. The molecule has 15 heavy (non-hydrogen) atoms. The summed E-state index contributed by atoms with van der Waals surface area (Å²) in [6, 6.07) is 4.60. The van der Waals surface area contributed by atoms with E-state index >= 15 is 0 Å². The first-order valence-corrected chi connectivity index (χ1v) is 5.15. The summed E-state index contributed by atoms with van der Waals surface area (Å²) < 4.78 is 15.4. The van der Waals surface area contributed by atoms with Crippen molar-refractivity contribution in [3.8, 4) is 0 Å². The Morgan fingerprint density at radius 2 is 2.27 bits per heavy atom. The molecule has 0 aliphatic carbocycles. The summed E-state index contributed by atoms with van der Waals surface area (Å²) >= 11 is 3.31. The van der Waals surface area contributed by atoms with Crippen LogP contribution in [0.5, 0.6) is 0 Å². The van der Waals surface area contributed by atoms with Crippen LogP contribution in [0.25, 0.3) is 0 Å². The fraction of sp³-hybridized carbons (Fsp3) is 0.100. The molecule has 0 unspecified atom stereocenters. The number of halogens is 2. The Balaban J connectivity index is 2.24. The molecule has 0 amide bonds. The van der Waals surface area contributed by atoms with Crippen LogP contribution in [0.2, 0.25) is 0 Å². The quantitative estimate of drug-likeness (QED) is 0.910. The van der Waals surface area contributed by atoms with Crippen LogP contribution in [-0.4, -0.2) is 9.55 Å². The van der Waals surface area contributed by atoms with Crippen LogP contribution in [0.1, 0.15) is 5.56 Å². The Bertz CT molecular complexity index is 481. The molecule has 2 aromatic rings. The van der Waals surface area contributed by atoms with Gasteiger partial charge in [0.1, 0.15) is 11.6 Å². The lowest BCUT2D eigenvalue weighted by Crippen LogP contribution is -1.97. The highest BCUT2D eigenvalue weighted by atomic mass is 79.9. The molecule has 0 saturated heterocycles. The number of nitrogens with zero attached hydrogens (tertiary/aromatic N) is 2. The third kappa shape index (κ3) is 2.36. The van der Waals surface area contributed by atoms with Crippen LogP contribution in [0.3, 0.4) is 0 Å². The van der Waals surface area contributed by atoms with Crippen LogP contribution in [0, 0.1) is 5.82 Å². The predicted molar refractivity (Wildman–Crippen MR) is 59.8 cm³/mol. The fourth-order valence-corrected chi connectivity index (χ4v) is 1.79. The summed E-state index contributed by atoms with van der Waals surface area (Å²) in [6.07, 6.45) is 3.38. The molecule has 0 spiro atoms. The van der Waals surface area contributed by atoms with Gasteiger partial charge < -0.3 is 10.3 Å². The minimum atomic E-state index is -0.254. The van der Waals surface area contributed by atoms with Crippen molar-refractivity contribution in [2.45, 2.75) is 6.54 Å².